The largest absolute Gasteiger partial charge is 0.494 e. The van der Waals surface area contributed by atoms with Crippen LogP contribution in [0.3, 0.4) is 0 Å². The van der Waals surface area contributed by atoms with Crippen molar-refractivity contribution in [3.63, 3.8) is 0 Å². The van der Waals surface area contributed by atoms with Gasteiger partial charge in [-0.3, -0.25) is 0 Å². The van der Waals surface area contributed by atoms with Crippen molar-refractivity contribution in [2.24, 2.45) is 5.92 Å². The van der Waals surface area contributed by atoms with E-state index in [1.807, 2.05) is 13.1 Å². The summed E-state index contributed by atoms with van der Waals surface area (Å²) in [6.07, 6.45) is 3.45. The summed E-state index contributed by atoms with van der Waals surface area (Å²) in [5.74, 6) is 1.75. The molecule has 1 N–H and O–H groups in total. The van der Waals surface area contributed by atoms with E-state index in [-0.39, 0.29) is 0 Å². The Bertz CT molecular complexity index is 332. The molecule has 2 nitrogen and oxygen atoms in total. The van der Waals surface area contributed by atoms with Crippen LogP contribution in [0.2, 0.25) is 0 Å². The number of nitrogens with one attached hydrogen (secondary N) is 1. The summed E-state index contributed by atoms with van der Waals surface area (Å²) in [4.78, 5) is 0. The van der Waals surface area contributed by atoms with Crippen molar-refractivity contribution in [2.45, 2.75) is 46.1 Å². The van der Waals surface area contributed by atoms with E-state index < -0.39 is 0 Å². The SMILES string of the molecule is CCC(NC)c1cccc(OCCCC(C)C)c1. The van der Waals surface area contributed by atoms with Crippen molar-refractivity contribution < 1.29 is 4.74 Å². The third-order valence-electron chi connectivity index (χ3n) is 3.21. The van der Waals surface area contributed by atoms with Gasteiger partial charge in [0.25, 0.3) is 0 Å². The first-order chi connectivity index (χ1) is 8.67. The van der Waals surface area contributed by atoms with E-state index in [0.29, 0.717) is 6.04 Å². The van der Waals surface area contributed by atoms with Gasteiger partial charge in [-0.1, -0.05) is 32.9 Å². The van der Waals surface area contributed by atoms with Gasteiger partial charge in [-0.15, -0.1) is 0 Å². The molecule has 0 radical (unpaired) electrons. The molecular formula is C16H27NO. The van der Waals surface area contributed by atoms with Crippen LogP contribution in [-0.4, -0.2) is 13.7 Å². The average molecular weight is 249 g/mol. The third-order valence-corrected chi connectivity index (χ3v) is 3.21. The molecule has 1 aromatic rings. The van der Waals surface area contributed by atoms with Crippen molar-refractivity contribution in [1.29, 1.82) is 0 Å². The van der Waals surface area contributed by atoms with Gasteiger partial charge >= 0.3 is 0 Å². The molecule has 0 fully saturated rings. The Morgan fingerprint density at radius 2 is 2.06 bits per heavy atom. The van der Waals surface area contributed by atoms with Gasteiger partial charge < -0.3 is 10.1 Å². The van der Waals surface area contributed by atoms with Gasteiger partial charge in [0.05, 0.1) is 6.61 Å². The first-order valence-electron chi connectivity index (χ1n) is 7.07. The van der Waals surface area contributed by atoms with E-state index in [4.69, 9.17) is 4.74 Å². The summed E-state index contributed by atoms with van der Waals surface area (Å²) in [5.41, 5.74) is 1.31. The molecule has 18 heavy (non-hydrogen) atoms. The minimum atomic E-state index is 0.421. The summed E-state index contributed by atoms with van der Waals surface area (Å²) >= 11 is 0. The van der Waals surface area contributed by atoms with E-state index in [0.717, 1.165) is 31.1 Å². The van der Waals surface area contributed by atoms with Gasteiger partial charge in [-0.25, -0.2) is 0 Å². The predicted molar refractivity (Wildman–Crippen MR) is 78.1 cm³/mol. The lowest BCUT2D eigenvalue weighted by atomic mass is 10.0. The quantitative estimate of drug-likeness (QED) is 0.698. The van der Waals surface area contributed by atoms with Crippen LogP contribution in [0.15, 0.2) is 24.3 Å². The first-order valence-corrected chi connectivity index (χ1v) is 7.07. The molecule has 1 rings (SSSR count). The highest BCUT2D eigenvalue weighted by molar-refractivity contribution is 5.30. The Labute approximate surface area is 112 Å². The lowest BCUT2D eigenvalue weighted by molar-refractivity contribution is 0.297. The Balaban J connectivity index is 2.49. The molecule has 1 unspecified atom stereocenters. The lowest BCUT2D eigenvalue weighted by Gasteiger charge is -2.15. The van der Waals surface area contributed by atoms with Crippen LogP contribution in [0.4, 0.5) is 0 Å². The fraction of sp³-hybridized carbons (Fsp3) is 0.625. The average Bonchev–Trinajstić information content (AvgIpc) is 2.36. The highest BCUT2D eigenvalue weighted by Crippen LogP contribution is 2.21. The molecule has 102 valence electrons. The van der Waals surface area contributed by atoms with Crippen LogP contribution in [0.25, 0.3) is 0 Å². The molecule has 2 heteroatoms. The van der Waals surface area contributed by atoms with Gasteiger partial charge in [-0.2, -0.15) is 0 Å². The predicted octanol–water partition coefficient (Wildman–Crippen LogP) is 4.17. The maximum Gasteiger partial charge on any atom is 0.119 e. The van der Waals surface area contributed by atoms with E-state index >= 15 is 0 Å². The van der Waals surface area contributed by atoms with Gasteiger partial charge in [-0.05, 0) is 49.9 Å². The second-order valence-corrected chi connectivity index (χ2v) is 5.21. The second-order valence-electron chi connectivity index (χ2n) is 5.21. The molecule has 0 heterocycles. The molecule has 0 bridgehead atoms. The van der Waals surface area contributed by atoms with Crippen LogP contribution in [-0.2, 0) is 0 Å². The molecule has 0 amide bonds. The Morgan fingerprint density at radius 3 is 2.67 bits per heavy atom. The minimum absolute atomic E-state index is 0.421. The smallest absolute Gasteiger partial charge is 0.119 e. The molecule has 1 atom stereocenters. The van der Waals surface area contributed by atoms with Gasteiger partial charge in [0.1, 0.15) is 5.75 Å². The first kappa shape index (κ1) is 15.0. The summed E-state index contributed by atoms with van der Waals surface area (Å²) in [6.45, 7) is 7.51. The lowest BCUT2D eigenvalue weighted by Crippen LogP contribution is -2.15. The molecule has 0 aromatic heterocycles. The molecule has 0 aliphatic rings. The monoisotopic (exact) mass is 249 g/mol. The number of benzene rings is 1. The zero-order chi connectivity index (χ0) is 13.4. The Hall–Kier alpha value is -1.02. The van der Waals surface area contributed by atoms with Crippen LogP contribution >= 0.6 is 0 Å². The summed E-state index contributed by atoms with van der Waals surface area (Å²) in [5, 5.41) is 3.32. The topological polar surface area (TPSA) is 21.3 Å². The van der Waals surface area contributed by atoms with E-state index in [2.05, 4.69) is 44.3 Å². The van der Waals surface area contributed by atoms with Crippen LogP contribution in [0, 0.1) is 5.92 Å². The van der Waals surface area contributed by atoms with Crippen molar-refractivity contribution in [2.75, 3.05) is 13.7 Å². The van der Waals surface area contributed by atoms with E-state index in [1.54, 1.807) is 0 Å². The molecule has 0 spiro atoms. The molecule has 0 aliphatic carbocycles. The second kappa shape index (κ2) is 8.15. The van der Waals surface area contributed by atoms with Crippen LogP contribution in [0.1, 0.15) is 51.6 Å². The molecule has 0 saturated carbocycles. The zero-order valence-corrected chi connectivity index (χ0v) is 12.2. The highest BCUT2D eigenvalue weighted by Gasteiger charge is 2.07. The van der Waals surface area contributed by atoms with Gasteiger partial charge in [0, 0.05) is 6.04 Å². The van der Waals surface area contributed by atoms with Crippen LogP contribution in [0.5, 0.6) is 5.75 Å². The Kier molecular flexibility index (Phi) is 6.81. The number of hydrogen-bond donors (Lipinski definition) is 1. The summed E-state index contributed by atoms with van der Waals surface area (Å²) in [7, 11) is 2.00. The van der Waals surface area contributed by atoms with Gasteiger partial charge in [0.2, 0.25) is 0 Å². The molecule has 0 saturated heterocycles. The minimum Gasteiger partial charge on any atom is -0.494 e. The number of hydrogen-bond acceptors (Lipinski definition) is 2. The standard InChI is InChI=1S/C16H27NO/c1-5-16(17-4)14-9-6-10-15(12-14)18-11-7-8-13(2)3/h6,9-10,12-13,16-17H,5,7-8,11H2,1-4H3. The van der Waals surface area contributed by atoms with Crippen molar-refractivity contribution in [3.8, 4) is 5.75 Å². The molecule has 0 aliphatic heterocycles. The Morgan fingerprint density at radius 1 is 1.28 bits per heavy atom. The summed E-state index contributed by atoms with van der Waals surface area (Å²) in [6, 6.07) is 8.85. The zero-order valence-electron chi connectivity index (χ0n) is 12.2. The maximum absolute atomic E-state index is 5.81. The maximum atomic E-state index is 5.81. The summed E-state index contributed by atoms with van der Waals surface area (Å²) < 4.78 is 5.81. The number of rotatable bonds is 8. The van der Waals surface area contributed by atoms with Crippen molar-refractivity contribution in [1.82, 2.24) is 5.32 Å². The van der Waals surface area contributed by atoms with Crippen molar-refractivity contribution >= 4 is 0 Å². The highest BCUT2D eigenvalue weighted by atomic mass is 16.5. The van der Waals surface area contributed by atoms with Gasteiger partial charge in [0.15, 0.2) is 0 Å². The fourth-order valence-electron chi connectivity index (χ4n) is 2.11. The normalized spacial score (nSPS) is 12.7. The fourth-order valence-corrected chi connectivity index (χ4v) is 2.11. The molecule has 1 aromatic carbocycles. The molecular weight excluding hydrogens is 222 g/mol. The van der Waals surface area contributed by atoms with E-state index in [9.17, 15) is 0 Å². The number of ether oxygens (including phenoxy) is 1. The van der Waals surface area contributed by atoms with Crippen molar-refractivity contribution in [3.05, 3.63) is 29.8 Å². The third kappa shape index (κ3) is 5.09. The van der Waals surface area contributed by atoms with E-state index in [1.165, 1.54) is 12.0 Å². The van der Waals surface area contributed by atoms with Crippen LogP contribution < -0.4 is 10.1 Å².